The van der Waals surface area contributed by atoms with Crippen molar-refractivity contribution in [3.8, 4) is 6.07 Å². The van der Waals surface area contributed by atoms with E-state index in [-0.39, 0.29) is 0 Å². The predicted molar refractivity (Wildman–Crippen MR) is 38.4 cm³/mol. The van der Waals surface area contributed by atoms with E-state index in [1.165, 1.54) is 6.92 Å². The van der Waals surface area contributed by atoms with Crippen LogP contribution in [0.1, 0.15) is 20.8 Å². The Kier molecular flexibility index (Phi) is 8.85. The maximum Gasteiger partial charge on any atom is 0.330 e. The first-order valence-electron chi connectivity index (χ1n) is 2.77. The fourth-order valence-electron chi connectivity index (χ4n) is 0.123. The van der Waals surface area contributed by atoms with Gasteiger partial charge in [-0.3, -0.25) is 0 Å². The summed E-state index contributed by atoms with van der Waals surface area (Å²) in [6.07, 6.45) is 1.56. The molecule has 56 valence electrons. The van der Waals surface area contributed by atoms with Crippen LogP contribution in [0, 0.1) is 11.3 Å². The Morgan fingerprint density at radius 2 is 2.00 bits per heavy atom. The van der Waals surface area contributed by atoms with Crippen molar-refractivity contribution in [1.82, 2.24) is 0 Å². The fraction of sp³-hybridized carbons (Fsp3) is 0.429. The van der Waals surface area contributed by atoms with Crippen molar-refractivity contribution in [2.45, 2.75) is 20.8 Å². The molecule has 1 N–H and O–H groups in total. The Hall–Kier alpha value is -1.30. The molecular formula is C7H11NO2. The molecule has 0 spiro atoms. The quantitative estimate of drug-likeness (QED) is 0.564. The Labute approximate surface area is 60.6 Å². The predicted octanol–water partition coefficient (Wildman–Crippen LogP) is 1.57. The summed E-state index contributed by atoms with van der Waals surface area (Å²) in [5, 5.41) is 15.4. The number of aliphatic carboxylic acids is 1. The summed E-state index contributed by atoms with van der Waals surface area (Å²) in [4.78, 5) is 9.86. The van der Waals surface area contributed by atoms with Gasteiger partial charge in [0.05, 0.1) is 6.07 Å². The number of hydrogen-bond acceptors (Lipinski definition) is 2. The van der Waals surface area contributed by atoms with E-state index in [1.807, 2.05) is 0 Å². The molecule has 0 unspecified atom stereocenters. The Morgan fingerprint density at radius 1 is 1.70 bits per heavy atom. The monoisotopic (exact) mass is 141 g/mol. The highest BCUT2D eigenvalue weighted by Gasteiger charge is 1.93. The molecule has 3 heteroatoms. The number of allylic oxidation sites excluding steroid dienone is 1. The van der Waals surface area contributed by atoms with E-state index >= 15 is 0 Å². The third kappa shape index (κ3) is 9.85. The second kappa shape index (κ2) is 7.70. The molecule has 0 aliphatic carbocycles. The lowest BCUT2D eigenvalue weighted by atomic mass is 10.3. The lowest BCUT2D eigenvalue weighted by Gasteiger charge is -1.84. The van der Waals surface area contributed by atoms with Crippen LogP contribution < -0.4 is 0 Å². The zero-order valence-electron chi connectivity index (χ0n) is 6.38. The summed E-state index contributed by atoms with van der Waals surface area (Å²) in [5.74, 6) is -0.845. The normalized spacial score (nSPS) is 8.80. The summed E-state index contributed by atoms with van der Waals surface area (Å²) in [7, 11) is 0. The molecule has 0 aliphatic heterocycles. The Bertz CT molecular complexity index is 165. The van der Waals surface area contributed by atoms with Gasteiger partial charge in [0.2, 0.25) is 0 Å². The molecule has 0 saturated heterocycles. The van der Waals surface area contributed by atoms with Crippen LogP contribution in [-0.4, -0.2) is 11.1 Å². The van der Waals surface area contributed by atoms with Crippen LogP contribution in [0.3, 0.4) is 0 Å². The molecule has 0 heterocycles. The Balaban J connectivity index is 0. The van der Waals surface area contributed by atoms with Crippen molar-refractivity contribution < 1.29 is 9.90 Å². The van der Waals surface area contributed by atoms with Crippen LogP contribution in [-0.2, 0) is 4.79 Å². The highest BCUT2D eigenvalue weighted by Crippen LogP contribution is 1.87. The van der Waals surface area contributed by atoms with Crippen LogP contribution in [0.4, 0.5) is 0 Å². The topological polar surface area (TPSA) is 61.1 Å². The summed E-state index contributed by atoms with van der Waals surface area (Å²) in [6.45, 7) is 4.69. The van der Waals surface area contributed by atoms with E-state index in [0.29, 0.717) is 5.57 Å². The van der Waals surface area contributed by atoms with Gasteiger partial charge in [-0.05, 0) is 13.8 Å². The highest BCUT2D eigenvalue weighted by molar-refractivity contribution is 5.85. The third-order valence-electron chi connectivity index (χ3n) is 0.770. The van der Waals surface area contributed by atoms with Gasteiger partial charge in [-0.1, -0.05) is 6.08 Å². The standard InChI is InChI=1S/C5H8O2.C2H3N/c1-3-4(2)5(6)7;1-2-3/h3H,1-2H3,(H,6,7);1H3. The summed E-state index contributed by atoms with van der Waals surface area (Å²) in [5.41, 5.74) is 0.389. The minimum absolute atomic E-state index is 0.389. The van der Waals surface area contributed by atoms with Crippen LogP contribution in [0.5, 0.6) is 0 Å². The molecule has 0 bridgehead atoms. The smallest absolute Gasteiger partial charge is 0.330 e. The molecule has 0 amide bonds. The molecule has 3 nitrogen and oxygen atoms in total. The second-order valence-electron chi connectivity index (χ2n) is 1.50. The van der Waals surface area contributed by atoms with Crippen molar-refractivity contribution in [1.29, 1.82) is 5.26 Å². The second-order valence-corrected chi connectivity index (χ2v) is 1.50. The number of carbonyl (C=O) groups is 1. The van der Waals surface area contributed by atoms with E-state index in [0.717, 1.165) is 0 Å². The van der Waals surface area contributed by atoms with Gasteiger partial charge in [-0.15, -0.1) is 0 Å². The van der Waals surface area contributed by atoms with Gasteiger partial charge in [0.25, 0.3) is 0 Å². The molecule has 10 heavy (non-hydrogen) atoms. The molecule has 0 saturated carbocycles. The van der Waals surface area contributed by atoms with Crippen molar-refractivity contribution in [2.75, 3.05) is 0 Å². The molecule has 0 atom stereocenters. The van der Waals surface area contributed by atoms with Crippen LogP contribution in [0.25, 0.3) is 0 Å². The molecule has 0 radical (unpaired) electrons. The van der Waals surface area contributed by atoms with E-state index in [1.54, 1.807) is 26.0 Å². The number of rotatable bonds is 1. The summed E-state index contributed by atoms with van der Waals surface area (Å²) >= 11 is 0. The lowest BCUT2D eigenvalue weighted by molar-refractivity contribution is -0.132. The number of carboxylic acids is 1. The van der Waals surface area contributed by atoms with Crippen LogP contribution in [0.15, 0.2) is 11.6 Å². The van der Waals surface area contributed by atoms with E-state index < -0.39 is 5.97 Å². The van der Waals surface area contributed by atoms with Gasteiger partial charge in [-0.25, -0.2) is 4.79 Å². The van der Waals surface area contributed by atoms with Crippen LogP contribution in [0.2, 0.25) is 0 Å². The third-order valence-corrected chi connectivity index (χ3v) is 0.770. The fourth-order valence-corrected chi connectivity index (χ4v) is 0.123. The van der Waals surface area contributed by atoms with Crippen molar-refractivity contribution >= 4 is 5.97 Å². The zero-order chi connectivity index (χ0) is 8.57. The van der Waals surface area contributed by atoms with E-state index in [2.05, 4.69) is 0 Å². The number of carboxylic acid groups (broad SMARTS) is 1. The molecule has 0 aromatic rings. The van der Waals surface area contributed by atoms with Gasteiger partial charge in [0.15, 0.2) is 0 Å². The summed E-state index contributed by atoms with van der Waals surface area (Å²) < 4.78 is 0. The largest absolute Gasteiger partial charge is 0.478 e. The van der Waals surface area contributed by atoms with E-state index in [4.69, 9.17) is 10.4 Å². The summed E-state index contributed by atoms with van der Waals surface area (Å²) in [6, 6.07) is 1.75. The minimum Gasteiger partial charge on any atom is -0.478 e. The minimum atomic E-state index is -0.845. The molecular weight excluding hydrogens is 130 g/mol. The molecule has 0 aliphatic rings. The molecule has 0 rings (SSSR count). The molecule has 0 fully saturated rings. The number of nitriles is 1. The highest BCUT2D eigenvalue weighted by atomic mass is 16.4. The zero-order valence-corrected chi connectivity index (χ0v) is 6.38. The van der Waals surface area contributed by atoms with Gasteiger partial charge in [-0.2, -0.15) is 5.26 Å². The van der Waals surface area contributed by atoms with Crippen molar-refractivity contribution in [3.05, 3.63) is 11.6 Å². The SMILES string of the molecule is CC#N.CC=C(C)C(=O)O. The maximum absolute atomic E-state index is 9.86. The average Bonchev–Trinajstić information content (AvgIpc) is 1.88. The van der Waals surface area contributed by atoms with Gasteiger partial charge < -0.3 is 5.11 Å². The average molecular weight is 141 g/mol. The number of hydrogen-bond donors (Lipinski definition) is 1. The van der Waals surface area contributed by atoms with E-state index in [9.17, 15) is 4.79 Å². The first kappa shape index (κ1) is 11.5. The van der Waals surface area contributed by atoms with Gasteiger partial charge in [0.1, 0.15) is 0 Å². The van der Waals surface area contributed by atoms with Crippen molar-refractivity contribution in [2.24, 2.45) is 0 Å². The van der Waals surface area contributed by atoms with Crippen LogP contribution >= 0.6 is 0 Å². The maximum atomic E-state index is 9.86. The first-order chi connectivity index (χ1) is 4.59. The number of nitrogens with zero attached hydrogens (tertiary/aromatic N) is 1. The first-order valence-corrected chi connectivity index (χ1v) is 2.77. The molecule has 0 aromatic heterocycles. The van der Waals surface area contributed by atoms with Gasteiger partial charge in [0, 0.05) is 12.5 Å². The lowest BCUT2D eigenvalue weighted by Crippen LogP contribution is -1.93. The van der Waals surface area contributed by atoms with Crippen molar-refractivity contribution in [3.63, 3.8) is 0 Å². The Morgan fingerprint density at radius 3 is 2.00 bits per heavy atom. The molecule has 0 aromatic carbocycles. The van der Waals surface area contributed by atoms with Gasteiger partial charge >= 0.3 is 5.97 Å².